The molecule has 0 radical (unpaired) electrons. The van der Waals surface area contributed by atoms with Crippen LogP contribution < -0.4 is 9.47 Å². The third-order valence-electron chi connectivity index (χ3n) is 8.57. The molecule has 5 rings (SSSR count). The van der Waals surface area contributed by atoms with Crippen LogP contribution in [0.15, 0.2) is 18.2 Å². The Morgan fingerprint density at radius 3 is 2.56 bits per heavy atom. The first-order valence-corrected chi connectivity index (χ1v) is 13.4. The highest BCUT2D eigenvalue weighted by atomic mass is 16.5. The zero-order valence-corrected chi connectivity index (χ0v) is 21.7. The third-order valence-corrected chi connectivity index (χ3v) is 8.57. The van der Waals surface area contributed by atoms with E-state index in [1.807, 2.05) is 24.0 Å². The molecule has 8 nitrogen and oxygen atoms in total. The first-order chi connectivity index (χ1) is 17.2. The minimum Gasteiger partial charge on any atom is -0.490 e. The van der Waals surface area contributed by atoms with Gasteiger partial charge < -0.3 is 19.1 Å². The van der Waals surface area contributed by atoms with Crippen molar-refractivity contribution >= 4 is 17.7 Å². The van der Waals surface area contributed by atoms with Crippen LogP contribution in [-0.4, -0.2) is 66.0 Å². The molecule has 8 heteroatoms. The summed E-state index contributed by atoms with van der Waals surface area (Å²) in [6, 6.07) is 6.06. The molecule has 0 N–H and O–H groups in total. The number of carbonyl (C=O) groups is 3. The Kier molecular flexibility index (Phi) is 6.74. The number of hydrogen-bond acceptors (Lipinski definition) is 6. The number of benzene rings is 1. The third kappa shape index (κ3) is 4.60. The number of nitrogens with zero attached hydrogens (tertiary/aromatic N) is 2. The molecule has 3 fully saturated rings. The van der Waals surface area contributed by atoms with Gasteiger partial charge in [0.15, 0.2) is 11.5 Å². The summed E-state index contributed by atoms with van der Waals surface area (Å²) in [6.45, 7) is 9.32. The number of hydrogen-bond donors (Lipinski definition) is 0. The maximum Gasteiger partial charge on any atom is 0.229 e. The maximum atomic E-state index is 12.8. The predicted molar refractivity (Wildman–Crippen MR) is 133 cm³/mol. The minimum atomic E-state index is -0.393. The lowest BCUT2D eigenvalue weighted by molar-refractivity contribution is -0.176. The average molecular weight is 499 g/mol. The summed E-state index contributed by atoms with van der Waals surface area (Å²) in [7, 11) is 0. The fourth-order valence-corrected chi connectivity index (χ4v) is 6.40. The Morgan fingerprint density at radius 1 is 1.14 bits per heavy atom. The van der Waals surface area contributed by atoms with E-state index in [1.165, 1.54) is 4.90 Å². The quantitative estimate of drug-likeness (QED) is 0.554. The van der Waals surface area contributed by atoms with Crippen LogP contribution in [0.1, 0.15) is 77.4 Å². The minimum absolute atomic E-state index is 0.0227. The number of imide groups is 1. The molecule has 1 aromatic carbocycles. The van der Waals surface area contributed by atoms with Crippen LogP contribution >= 0.6 is 0 Å². The zero-order valence-electron chi connectivity index (χ0n) is 21.7. The van der Waals surface area contributed by atoms with Crippen LogP contribution in [0.2, 0.25) is 0 Å². The first-order valence-electron chi connectivity index (χ1n) is 13.4. The molecular formula is C28H38N2O6. The number of likely N-dealkylation sites (tertiary alicyclic amines) is 2. The van der Waals surface area contributed by atoms with E-state index in [0.717, 1.165) is 36.3 Å². The van der Waals surface area contributed by atoms with Gasteiger partial charge in [0.05, 0.1) is 19.3 Å². The Hall–Kier alpha value is -2.61. The molecular weight excluding hydrogens is 460 g/mol. The normalized spacial score (nSPS) is 26.4. The molecule has 1 spiro atoms. The van der Waals surface area contributed by atoms with E-state index in [0.29, 0.717) is 58.5 Å². The molecule has 196 valence electrons. The molecule has 3 amide bonds. The molecule has 0 aromatic heterocycles. The average Bonchev–Trinajstić information content (AvgIpc) is 3.17. The summed E-state index contributed by atoms with van der Waals surface area (Å²) in [4.78, 5) is 39.6. The van der Waals surface area contributed by atoms with Gasteiger partial charge in [-0.05, 0) is 57.9 Å². The van der Waals surface area contributed by atoms with Gasteiger partial charge in [0, 0.05) is 50.4 Å². The van der Waals surface area contributed by atoms with E-state index in [1.54, 1.807) is 0 Å². The molecule has 0 unspecified atom stereocenters. The summed E-state index contributed by atoms with van der Waals surface area (Å²) in [5.74, 6) is 1.67. The standard InChI is InChI=1S/C28H38N2O6/c1-4-34-21-8-5-7-19-25-20(27(2,3)36-26(19)21)17-28(18-35-25)12-15-29(16-13-28)22(31)9-6-14-30-23(32)10-11-24(30)33/h5,7-8,20,25H,4,6,9-18H2,1-3H3/t20-,25+/m0/s1. The van der Waals surface area contributed by atoms with Crippen LogP contribution in [0.25, 0.3) is 0 Å². The molecule has 0 saturated carbocycles. The van der Waals surface area contributed by atoms with Crippen molar-refractivity contribution in [3.63, 3.8) is 0 Å². The van der Waals surface area contributed by atoms with Crippen molar-refractivity contribution < 1.29 is 28.6 Å². The summed E-state index contributed by atoms with van der Waals surface area (Å²) in [6.07, 6.45) is 4.29. The molecule has 1 aromatic rings. The van der Waals surface area contributed by atoms with Crippen molar-refractivity contribution in [3.8, 4) is 11.5 Å². The van der Waals surface area contributed by atoms with Gasteiger partial charge in [-0.15, -0.1) is 0 Å². The van der Waals surface area contributed by atoms with E-state index in [-0.39, 0.29) is 35.2 Å². The van der Waals surface area contributed by atoms with Crippen LogP contribution in [-0.2, 0) is 19.1 Å². The number of fused-ring (bicyclic) bond motifs is 3. The second kappa shape index (κ2) is 9.69. The molecule has 4 heterocycles. The SMILES string of the molecule is CCOc1cccc2c1OC(C)(C)[C@H]1CC3(CCN(C(=O)CCCN4C(=O)CCC4=O)CC3)CO[C@H]21. The second-order valence-electron chi connectivity index (χ2n) is 11.3. The summed E-state index contributed by atoms with van der Waals surface area (Å²) in [5.41, 5.74) is 0.722. The van der Waals surface area contributed by atoms with E-state index in [4.69, 9.17) is 14.2 Å². The van der Waals surface area contributed by atoms with Crippen molar-refractivity contribution in [2.75, 3.05) is 32.8 Å². The van der Waals surface area contributed by atoms with Crippen LogP contribution in [0.4, 0.5) is 0 Å². The Bertz CT molecular complexity index is 1010. The summed E-state index contributed by atoms with van der Waals surface area (Å²) in [5, 5.41) is 0. The molecule has 4 aliphatic heterocycles. The first kappa shape index (κ1) is 25.1. The van der Waals surface area contributed by atoms with Gasteiger partial charge in [-0.25, -0.2) is 0 Å². The van der Waals surface area contributed by atoms with E-state index >= 15 is 0 Å². The lowest BCUT2D eigenvalue weighted by atomic mass is 9.64. The van der Waals surface area contributed by atoms with Crippen LogP contribution in [0.5, 0.6) is 11.5 Å². The predicted octanol–water partition coefficient (Wildman–Crippen LogP) is 3.87. The molecule has 3 saturated heterocycles. The molecule has 0 aliphatic carbocycles. The zero-order chi connectivity index (χ0) is 25.5. The monoisotopic (exact) mass is 498 g/mol. The molecule has 2 atom stereocenters. The van der Waals surface area contributed by atoms with Gasteiger partial charge >= 0.3 is 0 Å². The summed E-state index contributed by atoms with van der Waals surface area (Å²) < 4.78 is 19.0. The highest BCUT2D eigenvalue weighted by Crippen LogP contribution is 2.57. The second-order valence-corrected chi connectivity index (χ2v) is 11.3. The van der Waals surface area contributed by atoms with Crippen molar-refractivity contribution in [1.82, 2.24) is 9.80 Å². The number of ether oxygens (including phenoxy) is 3. The van der Waals surface area contributed by atoms with Crippen molar-refractivity contribution in [2.24, 2.45) is 11.3 Å². The van der Waals surface area contributed by atoms with Gasteiger partial charge in [-0.3, -0.25) is 19.3 Å². The fraction of sp³-hybridized carbons (Fsp3) is 0.679. The van der Waals surface area contributed by atoms with Crippen molar-refractivity contribution in [3.05, 3.63) is 23.8 Å². The van der Waals surface area contributed by atoms with Gasteiger partial charge in [0.2, 0.25) is 17.7 Å². The van der Waals surface area contributed by atoms with Crippen molar-refractivity contribution in [1.29, 1.82) is 0 Å². The number of amides is 3. The van der Waals surface area contributed by atoms with E-state index in [2.05, 4.69) is 19.9 Å². The van der Waals surface area contributed by atoms with Gasteiger partial charge in [0.1, 0.15) is 5.60 Å². The Labute approximate surface area is 213 Å². The molecule has 36 heavy (non-hydrogen) atoms. The van der Waals surface area contributed by atoms with Gasteiger partial charge in [0.25, 0.3) is 0 Å². The van der Waals surface area contributed by atoms with Crippen molar-refractivity contribution in [2.45, 2.75) is 77.4 Å². The maximum absolute atomic E-state index is 12.8. The molecule has 0 bridgehead atoms. The fourth-order valence-electron chi connectivity index (χ4n) is 6.40. The number of carbonyl (C=O) groups excluding carboxylic acids is 3. The van der Waals surface area contributed by atoms with Gasteiger partial charge in [-0.1, -0.05) is 12.1 Å². The number of rotatable bonds is 6. The largest absolute Gasteiger partial charge is 0.490 e. The highest BCUT2D eigenvalue weighted by Gasteiger charge is 2.53. The van der Waals surface area contributed by atoms with E-state index < -0.39 is 5.60 Å². The lowest BCUT2D eigenvalue weighted by Crippen LogP contribution is -2.54. The van der Waals surface area contributed by atoms with Crippen LogP contribution in [0.3, 0.4) is 0 Å². The Morgan fingerprint density at radius 2 is 1.86 bits per heavy atom. The molecule has 4 aliphatic rings. The summed E-state index contributed by atoms with van der Waals surface area (Å²) >= 11 is 0. The topological polar surface area (TPSA) is 85.4 Å². The van der Waals surface area contributed by atoms with E-state index in [9.17, 15) is 14.4 Å². The Balaban J connectivity index is 1.19. The number of para-hydroxylation sites is 1. The van der Waals surface area contributed by atoms with Crippen LogP contribution in [0, 0.1) is 11.3 Å². The highest BCUT2D eigenvalue weighted by molar-refractivity contribution is 6.01. The lowest BCUT2D eigenvalue weighted by Gasteiger charge is -2.54. The smallest absolute Gasteiger partial charge is 0.229 e. The number of piperidine rings is 1. The van der Waals surface area contributed by atoms with Gasteiger partial charge in [-0.2, -0.15) is 0 Å².